The first-order valence-corrected chi connectivity index (χ1v) is 19.9. The molecule has 0 aliphatic heterocycles. The van der Waals surface area contributed by atoms with E-state index in [0.717, 1.165) is 17.1 Å². The first kappa shape index (κ1) is 33.2. The second kappa shape index (κ2) is 13.0. The Hall–Kier alpha value is -7.16. The Labute approximate surface area is 333 Å². The van der Waals surface area contributed by atoms with Gasteiger partial charge in [0.2, 0.25) is 0 Å². The van der Waals surface area contributed by atoms with Crippen LogP contribution in [-0.2, 0) is 5.41 Å². The van der Waals surface area contributed by atoms with Gasteiger partial charge in [-0.2, -0.15) is 0 Å². The van der Waals surface area contributed by atoms with E-state index in [1.165, 1.54) is 82.8 Å². The number of hydrogen-bond donors (Lipinski definition) is 0. The Morgan fingerprint density at radius 2 is 0.842 bits per heavy atom. The molecular weight excluding hydrogens is 689 g/mol. The van der Waals surface area contributed by atoms with E-state index in [4.69, 9.17) is 0 Å². The molecule has 0 N–H and O–H groups in total. The predicted octanol–water partition coefficient (Wildman–Crippen LogP) is 14.4. The van der Waals surface area contributed by atoms with Crippen LogP contribution in [-0.4, -0.2) is 4.57 Å². The van der Waals surface area contributed by atoms with E-state index in [2.05, 4.69) is 230 Å². The molecule has 0 amide bonds. The first-order valence-electron chi connectivity index (χ1n) is 19.9. The van der Waals surface area contributed by atoms with E-state index in [-0.39, 0.29) is 0 Å². The third-order valence-electron chi connectivity index (χ3n) is 12.2. The highest BCUT2D eigenvalue weighted by Gasteiger charge is 2.47. The molecule has 0 spiro atoms. The Balaban J connectivity index is 1.28. The lowest BCUT2D eigenvalue weighted by atomic mass is 9.67. The highest BCUT2D eigenvalue weighted by Crippen LogP contribution is 2.60. The van der Waals surface area contributed by atoms with Gasteiger partial charge in [-0.25, -0.2) is 0 Å². The Morgan fingerprint density at radius 1 is 0.386 bits per heavy atom. The maximum absolute atomic E-state index is 2.52. The summed E-state index contributed by atoms with van der Waals surface area (Å²) in [6, 6.07) is 76.6. The van der Waals surface area contributed by atoms with Gasteiger partial charge in [0, 0.05) is 33.2 Å². The fourth-order valence-corrected chi connectivity index (χ4v) is 9.65. The maximum Gasteiger partial charge on any atom is 0.0715 e. The van der Waals surface area contributed by atoms with Crippen molar-refractivity contribution in [3.05, 3.63) is 240 Å². The zero-order chi connectivity index (χ0) is 38.1. The third kappa shape index (κ3) is 4.97. The SMILES string of the molecule is Cc1ccc(N(c2ccc(C)cc2)c2ccc3c(c2)C(c2ccccc2)(c2ccccc2)c2cc(-n4c5ccccc5c5ccccc54)c4ccccc4c2-3)cc1. The minimum atomic E-state index is -0.618. The summed E-state index contributed by atoms with van der Waals surface area (Å²) in [5.41, 5.74) is 16.5. The van der Waals surface area contributed by atoms with Gasteiger partial charge in [-0.1, -0.05) is 163 Å². The van der Waals surface area contributed by atoms with Crippen molar-refractivity contribution in [3.63, 3.8) is 0 Å². The molecule has 0 radical (unpaired) electrons. The van der Waals surface area contributed by atoms with E-state index in [1.54, 1.807) is 0 Å². The van der Waals surface area contributed by atoms with Crippen molar-refractivity contribution in [2.24, 2.45) is 0 Å². The van der Waals surface area contributed by atoms with E-state index >= 15 is 0 Å². The van der Waals surface area contributed by atoms with Gasteiger partial charge in [-0.15, -0.1) is 0 Å². The van der Waals surface area contributed by atoms with E-state index in [1.807, 2.05) is 0 Å². The largest absolute Gasteiger partial charge is 0.310 e. The van der Waals surface area contributed by atoms with Crippen molar-refractivity contribution in [2.45, 2.75) is 19.3 Å². The monoisotopic (exact) mass is 728 g/mol. The number of aryl methyl sites for hydroxylation is 2. The summed E-state index contributed by atoms with van der Waals surface area (Å²) in [7, 11) is 0. The van der Waals surface area contributed by atoms with Gasteiger partial charge >= 0.3 is 0 Å². The molecule has 0 bridgehead atoms. The minimum absolute atomic E-state index is 0.618. The summed E-state index contributed by atoms with van der Waals surface area (Å²) in [4.78, 5) is 2.41. The summed E-state index contributed by atoms with van der Waals surface area (Å²) >= 11 is 0. The average molecular weight is 729 g/mol. The molecule has 270 valence electrons. The van der Waals surface area contributed by atoms with Crippen molar-refractivity contribution in [3.8, 4) is 16.8 Å². The Kier molecular flexibility index (Phi) is 7.55. The number of para-hydroxylation sites is 2. The minimum Gasteiger partial charge on any atom is -0.310 e. The van der Waals surface area contributed by atoms with Crippen molar-refractivity contribution in [1.29, 1.82) is 0 Å². The zero-order valence-electron chi connectivity index (χ0n) is 32.0. The molecule has 1 aliphatic carbocycles. The smallest absolute Gasteiger partial charge is 0.0715 e. The topological polar surface area (TPSA) is 8.17 Å². The standard InChI is InChI=1S/C55H40N2/c1-37-25-29-41(30-26-37)56(42-31-27-38(2)28-32-42)43-33-34-48-49(35-43)55(39-15-5-3-6-16-39,40-17-7-4-8-18-40)50-36-53(46-21-9-10-22-47(46)54(48)50)57-51-23-13-11-19-44(51)45-20-12-14-24-52(45)57/h3-36H,1-2H3. The summed E-state index contributed by atoms with van der Waals surface area (Å²) < 4.78 is 2.50. The Bertz CT molecular complexity index is 2980. The fraction of sp³-hybridized carbons (Fsp3) is 0.0545. The number of rotatable bonds is 6. The number of hydrogen-bond acceptors (Lipinski definition) is 1. The number of anilines is 3. The van der Waals surface area contributed by atoms with Gasteiger partial charge in [-0.05, 0) is 107 Å². The van der Waals surface area contributed by atoms with Gasteiger partial charge in [0.05, 0.1) is 22.1 Å². The quantitative estimate of drug-likeness (QED) is 0.165. The van der Waals surface area contributed by atoms with Crippen LogP contribution in [0.5, 0.6) is 0 Å². The molecule has 0 unspecified atom stereocenters. The van der Waals surface area contributed by atoms with Crippen LogP contribution in [0.4, 0.5) is 17.1 Å². The molecule has 1 heterocycles. The molecule has 1 aromatic heterocycles. The molecule has 0 saturated heterocycles. The second-order valence-corrected chi connectivity index (χ2v) is 15.5. The zero-order valence-corrected chi connectivity index (χ0v) is 32.0. The van der Waals surface area contributed by atoms with Crippen molar-refractivity contribution >= 4 is 49.6 Å². The maximum atomic E-state index is 2.52. The summed E-state index contributed by atoms with van der Waals surface area (Å²) in [6.07, 6.45) is 0. The van der Waals surface area contributed by atoms with Crippen LogP contribution in [0.15, 0.2) is 206 Å². The van der Waals surface area contributed by atoms with Gasteiger partial charge in [0.25, 0.3) is 0 Å². The van der Waals surface area contributed by atoms with Crippen LogP contribution in [0, 0.1) is 13.8 Å². The molecule has 2 heteroatoms. The van der Waals surface area contributed by atoms with Gasteiger partial charge in [-0.3, -0.25) is 0 Å². The van der Waals surface area contributed by atoms with Crippen molar-refractivity contribution in [1.82, 2.24) is 4.57 Å². The normalized spacial score (nSPS) is 12.9. The molecule has 0 atom stereocenters. The van der Waals surface area contributed by atoms with E-state index in [9.17, 15) is 0 Å². The lowest BCUT2D eigenvalue weighted by molar-refractivity contribution is 0.768. The van der Waals surface area contributed by atoms with Crippen LogP contribution in [0.3, 0.4) is 0 Å². The molecule has 57 heavy (non-hydrogen) atoms. The molecular formula is C55H40N2. The second-order valence-electron chi connectivity index (χ2n) is 15.5. The first-order chi connectivity index (χ1) is 28.1. The lowest BCUT2D eigenvalue weighted by Gasteiger charge is -2.35. The molecule has 0 fully saturated rings. The van der Waals surface area contributed by atoms with Gasteiger partial charge in [0.1, 0.15) is 0 Å². The molecule has 10 aromatic rings. The lowest BCUT2D eigenvalue weighted by Crippen LogP contribution is -2.29. The van der Waals surface area contributed by atoms with Crippen molar-refractivity contribution in [2.75, 3.05) is 4.90 Å². The van der Waals surface area contributed by atoms with Gasteiger partial charge < -0.3 is 9.47 Å². The predicted molar refractivity (Wildman–Crippen MR) is 240 cm³/mol. The van der Waals surface area contributed by atoms with Crippen LogP contribution in [0.25, 0.3) is 49.4 Å². The summed E-state index contributed by atoms with van der Waals surface area (Å²) in [5.74, 6) is 0. The molecule has 2 nitrogen and oxygen atoms in total. The number of fused-ring (bicyclic) bond motifs is 8. The highest BCUT2D eigenvalue weighted by atomic mass is 15.1. The van der Waals surface area contributed by atoms with Crippen molar-refractivity contribution < 1.29 is 0 Å². The average Bonchev–Trinajstić information content (AvgIpc) is 3.76. The summed E-state index contributed by atoms with van der Waals surface area (Å²) in [5, 5.41) is 5.00. The van der Waals surface area contributed by atoms with Crippen LogP contribution >= 0.6 is 0 Å². The molecule has 1 aliphatic rings. The van der Waals surface area contributed by atoms with Crippen LogP contribution in [0.1, 0.15) is 33.4 Å². The van der Waals surface area contributed by atoms with E-state index < -0.39 is 5.41 Å². The summed E-state index contributed by atoms with van der Waals surface area (Å²) in [6.45, 7) is 4.30. The fourth-order valence-electron chi connectivity index (χ4n) is 9.65. The number of aromatic nitrogens is 1. The molecule has 11 rings (SSSR count). The third-order valence-corrected chi connectivity index (χ3v) is 12.2. The Morgan fingerprint density at radius 3 is 1.39 bits per heavy atom. The number of benzene rings is 9. The van der Waals surface area contributed by atoms with Gasteiger partial charge in [0.15, 0.2) is 0 Å². The van der Waals surface area contributed by atoms with Crippen LogP contribution < -0.4 is 4.90 Å². The highest BCUT2D eigenvalue weighted by molar-refractivity contribution is 6.13. The van der Waals surface area contributed by atoms with E-state index in [0.29, 0.717) is 0 Å². The molecule has 9 aromatic carbocycles. The number of nitrogens with zero attached hydrogens (tertiary/aromatic N) is 2. The molecule has 0 saturated carbocycles. The van der Waals surface area contributed by atoms with Crippen LogP contribution in [0.2, 0.25) is 0 Å².